The van der Waals surface area contributed by atoms with E-state index in [9.17, 15) is 13.2 Å². The van der Waals surface area contributed by atoms with Gasteiger partial charge in [0.05, 0.1) is 16.3 Å². The van der Waals surface area contributed by atoms with Gasteiger partial charge in [-0.1, -0.05) is 30.3 Å². The Hall–Kier alpha value is -2.25. The highest BCUT2D eigenvalue weighted by Crippen LogP contribution is 2.23. The van der Waals surface area contributed by atoms with E-state index < -0.39 is 9.84 Å². The minimum absolute atomic E-state index is 0.136. The fraction of sp³-hybridized carbons (Fsp3) is 0.176. The van der Waals surface area contributed by atoms with Crippen LogP contribution in [0.2, 0.25) is 0 Å². The van der Waals surface area contributed by atoms with Gasteiger partial charge in [0, 0.05) is 0 Å². The fourth-order valence-corrected chi connectivity index (χ4v) is 4.29. The van der Waals surface area contributed by atoms with Gasteiger partial charge < -0.3 is 5.32 Å². The van der Waals surface area contributed by atoms with Gasteiger partial charge >= 0.3 is 0 Å². The molecule has 0 radical (unpaired) electrons. The van der Waals surface area contributed by atoms with E-state index in [2.05, 4.69) is 5.32 Å². The summed E-state index contributed by atoms with van der Waals surface area (Å²) in [5.41, 5.74) is 1.18. The van der Waals surface area contributed by atoms with E-state index in [0.717, 1.165) is 0 Å². The maximum atomic E-state index is 12.5. The Labute approximate surface area is 146 Å². The number of rotatable bonds is 4. The monoisotopic (exact) mass is 360 g/mol. The highest BCUT2D eigenvalue weighted by Gasteiger charge is 2.33. The maximum absolute atomic E-state index is 12.5. The summed E-state index contributed by atoms with van der Waals surface area (Å²) >= 11 is 5.18. The molecule has 2 aromatic carbocycles. The lowest BCUT2D eigenvalue weighted by Gasteiger charge is -2.16. The zero-order chi connectivity index (χ0) is 17.3. The molecule has 1 N–H and O–H groups in total. The number of anilines is 1. The molecule has 1 aliphatic rings. The molecule has 24 heavy (non-hydrogen) atoms. The standard InChI is InChI=1S/C17H16N2O3S2/c1-12-16(20)19(17(23)18-12)14-7-5-6-13(10-14)11-24(21,22)15-8-3-2-4-9-15/h2-10,12H,11H2,1H3,(H,18,23)/t12-/m1/s1. The van der Waals surface area contributed by atoms with Crippen LogP contribution in [0.25, 0.3) is 0 Å². The lowest BCUT2D eigenvalue weighted by Crippen LogP contribution is -2.30. The molecule has 1 amide bonds. The van der Waals surface area contributed by atoms with Crippen molar-refractivity contribution in [2.24, 2.45) is 0 Å². The second kappa shape index (κ2) is 6.33. The molecule has 0 bridgehead atoms. The first-order valence-corrected chi connectivity index (χ1v) is 9.46. The number of thiocarbonyl (C=S) groups is 1. The lowest BCUT2D eigenvalue weighted by molar-refractivity contribution is -0.117. The minimum Gasteiger partial charge on any atom is -0.350 e. The molecule has 0 saturated carbocycles. The molecule has 0 spiro atoms. The number of nitrogens with zero attached hydrogens (tertiary/aromatic N) is 1. The zero-order valence-corrected chi connectivity index (χ0v) is 14.6. The van der Waals surface area contributed by atoms with E-state index in [1.807, 2.05) is 0 Å². The summed E-state index contributed by atoms with van der Waals surface area (Å²) in [5.74, 6) is -0.286. The van der Waals surface area contributed by atoms with Crippen LogP contribution in [0.5, 0.6) is 0 Å². The number of carbonyl (C=O) groups excluding carboxylic acids is 1. The highest BCUT2D eigenvalue weighted by atomic mass is 32.2. The lowest BCUT2D eigenvalue weighted by atomic mass is 10.2. The first-order chi connectivity index (χ1) is 11.4. The normalized spacial score (nSPS) is 17.9. The van der Waals surface area contributed by atoms with Gasteiger partial charge in [0.25, 0.3) is 5.91 Å². The SMILES string of the molecule is C[C@H]1NC(=S)N(c2cccc(CS(=O)(=O)c3ccccc3)c2)C1=O. The van der Waals surface area contributed by atoms with Crippen molar-refractivity contribution in [3.05, 3.63) is 60.2 Å². The van der Waals surface area contributed by atoms with E-state index in [1.54, 1.807) is 61.5 Å². The topological polar surface area (TPSA) is 66.5 Å². The number of hydrogen-bond acceptors (Lipinski definition) is 4. The molecule has 0 aliphatic carbocycles. The van der Waals surface area contributed by atoms with Gasteiger partial charge in [-0.25, -0.2) is 8.42 Å². The Morgan fingerprint density at radius 3 is 2.46 bits per heavy atom. The quantitative estimate of drug-likeness (QED) is 0.848. The van der Waals surface area contributed by atoms with Crippen LogP contribution >= 0.6 is 12.2 Å². The first kappa shape index (κ1) is 16.6. The smallest absolute Gasteiger partial charge is 0.255 e. The molecule has 124 valence electrons. The van der Waals surface area contributed by atoms with Gasteiger partial charge in [0.15, 0.2) is 14.9 Å². The van der Waals surface area contributed by atoms with Crippen LogP contribution in [0.1, 0.15) is 12.5 Å². The molecule has 2 aromatic rings. The number of carbonyl (C=O) groups is 1. The molecule has 5 nitrogen and oxygen atoms in total. The largest absolute Gasteiger partial charge is 0.350 e. The summed E-state index contributed by atoms with van der Waals surface area (Å²) in [6.45, 7) is 1.73. The molecule has 0 aromatic heterocycles. The van der Waals surface area contributed by atoms with Crippen LogP contribution < -0.4 is 10.2 Å². The second-order valence-corrected chi connectivity index (χ2v) is 7.96. The average Bonchev–Trinajstić information content (AvgIpc) is 2.80. The molecule has 1 aliphatic heterocycles. The molecular formula is C17H16N2O3S2. The number of amides is 1. The maximum Gasteiger partial charge on any atom is 0.255 e. The van der Waals surface area contributed by atoms with Crippen LogP contribution in [0.15, 0.2) is 59.5 Å². The molecule has 1 saturated heterocycles. The van der Waals surface area contributed by atoms with E-state index in [0.29, 0.717) is 16.4 Å². The number of benzene rings is 2. The van der Waals surface area contributed by atoms with Gasteiger partial charge in [-0.2, -0.15) is 0 Å². The Bertz CT molecular complexity index is 895. The third kappa shape index (κ3) is 3.18. The van der Waals surface area contributed by atoms with Crippen molar-refractivity contribution in [1.82, 2.24) is 5.32 Å². The van der Waals surface area contributed by atoms with Crippen LogP contribution in [0.4, 0.5) is 5.69 Å². The number of nitrogens with one attached hydrogen (secondary N) is 1. The van der Waals surface area contributed by atoms with Crippen molar-refractivity contribution >= 4 is 38.8 Å². The minimum atomic E-state index is -3.44. The van der Waals surface area contributed by atoms with Crippen molar-refractivity contribution in [2.45, 2.75) is 23.6 Å². The van der Waals surface area contributed by atoms with E-state index in [4.69, 9.17) is 12.2 Å². The van der Waals surface area contributed by atoms with Crippen molar-refractivity contribution < 1.29 is 13.2 Å². The van der Waals surface area contributed by atoms with Gasteiger partial charge in [-0.05, 0) is 49.0 Å². The molecular weight excluding hydrogens is 344 g/mol. The average molecular weight is 360 g/mol. The van der Waals surface area contributed by atoms with Crippen molar-refractivity contribution in [1.29, 1.82) is 0 Å². The van der Waals surface area contributed by atoms with Gasteiger partial charge in [0.1, 0.15) is 6.04 Å². The predicted molar refractivity (Wildman–Crippen MR) is 96.5 cm³/mol. The number of sulfone groups is 1. The Kier molecular flexibility index (Phi) is 4.38. The van der Waals surface area contributed by atoms with E-state index in [-0.39, 0.29) is 22.6 Å². The van der Waals surface area contributed by atoms with Gasteiger partial charge in [0.2, 0.25) is 0 Å². The predicted octanol–water partition coefficient (Wildman–Crippen LogP) is 2.27. The molecule has 3 rings (SSSR count). The van der Waals surface area contributed by atoms with Gasteiger partial charge in [-0.3, -0.25) is 9.69 Å². The number of hydrogen-bond donors (Lipinski definition) is 1. The van der Waals surface area contributed by atoms with Crippen LogP contribution in [-0.2, 0) is 20.4 Å². The molecule has 0 unspecified atom stereocenters. The highest BCUT2D eigenvalue weighted by molar-refractivity contribution is 7.90. The summed E-state index contributed by atoms with van der Waals surface area (Å²) in [6, 6.07) is 14.8. The van der Waals surface area contributed by atoms with Crippen molar-refractivity contribution in [2.75, 3.05) is 4.90 Å². The summed E-state index contributed by atoms with van der Waals surface area (Å²) in [5, 5.41) is 3.23. The van der Waals surface area contributed by atoms with E-state index >= 15 is 0 Å². The van der Waals surface area contributed by atoms with Crippen molar-refractivity contribution in [3.8, 4) is 0 Å². The van der Waals surface area contributed by atoms with Crippen LogP contribution in [0, 0.1) is 0 Å². The first-order valence-electron chi connectivity index (χ1n) is 7.40. The van der Waals surface area contributed by atoms with E-state index in [1.165, 1.54) is 4.90 Å². The van der Waals surface area contributed by atoms with Crippen LogP contribution in [0.3, 0.4) is 0 Å². The summed E-state index contributed by atoms with van der Waals surface area (Å²) in [4.78, 5) is 13.9. The van der Waals surface area contributed by atoms with Gasteiger partial charge in [-0.15, -0.1) is 0 Å². The third-order valence-corrected chi connectivity index (χ3v) is 5.77. The fourth-order valence-electron chi connectivity index (χ4n) is 2.57. The Morgan fingerprint density at radius 2 is 1.83 bits per heavy atom. The summed E-state index contributed by atoms with van der Waals surface area (Å²) in [6.07, 6.45) is 0. The molecule has 1 atom stereocenters. The second-order valence-electron chi connectivity index (χ2n) is 5.59. The van der Waals surface area contributed by atoms with Crippen LogP contribution in [-0.4, -0.2) is 25.5 Å². The molecule has 1 heterocycles. The van der Waals surface area contributed by atoms with Crippen molar-refractivity contribution in [3.63, 3.8) is 0 Å². The molecule has 7 heteroatoms. The summed E-state index contributed by atoms with van der Waals surface area (Å²) in [7, 11) is -3.44. The Morgan fingerprint density at radius 1 is 1.12 bits per heavy atom. The zero-order valence-electron chi connectivity index (χ0n) is 13.0. The summed E-state index contributed by atoms with van der Waals surface area (Å²) < 4.78 is 25.0. The third-order valence-electron chi connectivity index (χ3n) is 3.76. The molecule has 1 fully saturated rings. The Balaban J connectivity index is 1.89.